The summed E-state index contributed by atoms with van der Waals surface area (Å²) in [4.78, 5) is 0. The van der Waals surface area contributed by atoms with Gasteiger partial charge < -0.3 is 14.8 Å². The van der Waals surface area contributed by atoms with Gasteiger partial charge in [-0.3, -0.25) is 0 Å². The third kappa shape index (κ3) is 4.60. The molecule has 2 aromatic carbocycles. The van der Waals surface area contributed by atoms with Gasteiger partial charge in [0.05, 0.1) is 10.6 Å². The summed E-state index contributed by atoms with van der Waals surface area (Å²) >= 11 is 11.3. The zero-order chi connectivity index (χ0) is 16.8. The Bertz CT molecular complexity index is 703. The Morgan fingerprint density at radius 1 is 1.22 bits per heavy atom. The third-order valence-electron chi connectivity index (χ3n) is 3.50. The number of benzene rings is 2. The normalized spacial score (nSPS) is 10.3. The molecule has 1 N–H and O–H groups in total. The Morgan fingerprint density at radius 3 is 2.65 bits per heavy atom. The average Bonchev–Trinajstić information content (AvgIpc) is 2.55. The Hall–Kier alpha value is -1.78. The summed E-state index contributed by atoms with van der Waals surface area (Å²) in [5.41, 5.74) is 3.16. The van der Waals surface area contributed by atoms with Crippen LogP contribution in [-0.4, -0.2) is 12.2 Å². The highest BCUT2D eigenvalue weighted by Gasteiger charge is 2.12. The molecule has 0 radical (unpaired) electrons. The first kappa shape index (κ1) is 17.6. The summed E-state index contributed by atoms with van der Waals surface area (Å²) in [6.07, 6.45) is 1.01. The van der Waals surface area contributed by atoms with Crippen LogP contribution in [0.15, 0.2) is 36.4 Å². The number of nitrogens with one attached hydrogen (secondary N) is 1. The topological polar surface area (TPSA) is 30.5 Å². The molecule has 0 unspecified atom stereocenters. The van der Waals surface area contributed by atoms with Crippen LogP contribution in [0.3, 0.4) is 0 Å². The lowest BCUT2D eigenvalue weighted by Crippen LogP contribution is -2.22. The molecule has 0 fully saturated rings. The zero-order valence-corrected chi connectivity index (χ0v) is 15.1. The zero-order valence-electron chi connectivity index (χ0n) is 13.5. The summed E-state index contributed by atoms with van der Waals surface area (Å²) < 4.78 is 11.5. The number of thiocarbonyl (C=S) groups is 1. The van der Waals surface area contributed by atoms with Gasteiger partial charge in [0.25, 0.3) is 5.17 Å². The van der Waals surface area contributed by atoms with Crippen molar-refractivity contribution in [3.8, 4) is 11.5 Å². The van der Waals surface area contributed by atoms with Crippen LogP contribution < -0.4 is 14.8 Å². The van der Waals surface area contributed by atoms with E-state index in [0.29, 0.717) is 17.4 Å². The number of hydrogen-bond donors (Lipinski definition) is 1. The van der Waals surface area contributed by atoms with E-state index in [1.54, 1.807) is 7.05 Å². The van der Waals surface area contributed by atoms with Gasteiger partial charge in [0.15, 0.2) is 0 Å². The van der Waals surface area contributed by atoms with Crippen LogP contribution in [0.5, 0.6) is 11.5 Å². The van der Waals surface area contributed by atoms with Gasteiger partial charge in [0.1, 0.15) is 18.1 Å². The minimum Gasteiger partial charge on any atom is -0.488 e. The quantitative estimate of drug-likeness (QED) is 0.794. The van der Waals surface area contributed by atoms with Crippen LogP contribution >= 0.6 is 23.8 Å². The van der Waals surface area contributed by atoms with Crippen molar-refractivity contribution in [2.75, 3.05) is 7.05 Å². The van der Waals surface area contributed by atoms with Crippen LogP contribution in [-0.2, 0) is 13.0 Å². The lowest BCUT2D eigenvalue weighted by atomic mass is 10.1. The van der Waals surface area contributed by atoms with Crippen molar-refractivity contribution in [3.63, 3.8) is 0 Å². The first-order chi connectivity index (χ1) is 11.0. The van der Waals surface area contributed by atoms with E-state index >= 15 is 0 Å². The fourth-order valence-electron chi connectivity index (χ4n) is 2.17. The molecule has 122 valence electrons. The van der Waals surface area contributed by atoms with E-state index in [2.05, 4.69) is 24.4 Å². The smallest absolute Gasteiger partial charge is 0.261 e. The van der Waals surface area contributed by atoms with Gasteiger partial charge in [0.2, 0.25) is 0 Å². The van der Waals surface area contributed by atoms with Crippen LogP contribution in [0.25, 0.3) is 0 Å². The molecule has 0 spiro atoms. The van der Waals surface area contributed by atoms with Crippen LogP contribution in [0, 0.1) is 6.92 Å². The average molecular weight is 350 g/mol. The van der Waals surface area contributed by atoms with E-state index in [1.165, 1.54) is 5.56 Å². The Labute approximate surface area is 147 Å². The number of hydrogen-bond acceptors (Lipinski definition) is 3. The molecule has 0 saturated heterocycles. The second-order valence-corrected chi connectivity index (χ2v) is 5.88. The monoisotopic (exact) mass is 349 g/mol. The largest absolute Gasteiger partial charge is 0.488 e. The van der Waals surface area contributed by atoms with E-state index in [4.69, 9.17) is 33.3 Å². The lowest BCUT2D eigenvalue weighted by Gasteiger charge is -2.15. The van der Waals surface area contributed by atoms with Crippen molar-refractivity contribution >= 4 is 29.0 Å². The highest BCUT2D eigenvalue weighted by Crippen LogP contribution is 2.29. The predicted molar refractivity (Wildman–Crippen MR) is 98.6 cm³/mol. The van der Waals surface area contributed by atoms with Gasteiger partial charge >= 0.3 is 0 Å². The van der Waals surface area contributed by atoms with E-state index in [9.17, 15) is 0 Å². The molecule has 0 bridgehead atoms. The Kier molecular flexibility index (Phi) is 6.25. The Morgan fingerprint density at radius 2 is 2.00 bits per heavy atom. The molecule has 0 amide bonds. The molecule has 3 nitrogen and oxygen atoms in total. The summed E-state index contributed by atoms with van der Waals surface area (Å²) in [5, 5.41) is 3.66. The van der Waals surface area contributed by atoms with Crippen molar-refractivity contribution in [2.45, 2.75) is 26.9 Å². The number of halogens is 1. The van der Waals surface area contributed by atoms with Gasteiger partial charge in [-0.1, -0.05) is 36.7 Å². The third-order valence-corrected chi connectivity index (χ3v) is 4.14. The second kappa shape index (κ2) is 8.18. The van der Waals surface area contributed by atoms with Crippen molar-refractivity contribution in [2.24, 2.45) is 0 Å². The molecular weight excluding hydrogens is 330 g/mol. The Balaban J connectivity index is 2.18. The van der Waals surface area contributed by atoms with Gasteiger partial charge in [-0.2, -0.15) is 0 Å². The maximum Gasteiger partial charge on any atom is 0.261 e. The molecule has 0 aliphatic carbocycles. The maximum absolute atomic E-state index is 6.29. The maximum atomic E-state index is 6.29. The molecular formula is C18H20ClNO2S. The minimum atomic E-state index is 0.289. The molecule has 2 rings (SSSR count). The fourth-order valence-corrected chi connectivity index (χ4v) is 2.48. The number of aryl methyl sites for hydroxylation is 2. The van der Waals surface area contributed by atoms with Crippen LogP contribution in [0.4, 0.5) is 0 Å². The second-order valence-electron chi connectivity index (χ2n) is 5.10. The summed E-state index contributed by atoms with van der Waals surface area (Å²) in [6, 6.07) is 11.6. The van der Waals surface area contributed by atoms with Crippen molar-refractivity contribution in [3.05, 3.63) is 58.1 Å². The summed E-state index contributed by atoms with van der Waals surface area (Å²) in [5.74, 6) is 1.43. The van der Waals surface area contributed by atoms with E-state index < -0.39 is 0 Å². The van der Waals surface area contributed by atoms with Crippen LogP contribution in [0.1, 0.15) is 23.6 Å². The molecule has 0 aliphatic rings. The van der Waals surface area contributed by atoms with Crippen molar-refractivity contribution < 1.29 is 9.47 Å². The standard InChI is InChI=1S/C18H20ClNO2S/c1-4-13-8-9-16(12(2)10-13)21-11-14-15(19)6-5-7-17(14)22-18(23)20-3/h5-10H,4,11H2,1-3H3,(H,20,23). The first-order valence-corrected chi connectivity index (χ1v) is 8.23. The first-order valence-electron chi connectivity index (χ1n) is 7.44. The molecule has 0 aliphatic heterocycles. The van der Waals surface area contributed by atoms with Gasteiger partial charge in [-0.15, -0.1) is 0 Å². The molecule has 0 heterocycles. The number of rotatable bonds is 5. The van der Waals surface area contributed by atoms with E-state index in [-0.39, 0.29) is 5.17 Å². The minimum absolute atomic E-state index is 0.289. The van der Waals surface area contributed by atoms with Gasteiger partial charge in [-0.05, 0) is 54.9 Å². The fraction of sp³-hybridized carbons (Fsp3) is 0.278. The van der Waals surface area contributed by atoms with Crippen LogP contribution in [0.2, 0.25) is 5.02 Å². The lowest BCUT2D eigenvalue weighted by molar-refractivity contribution is 0.300. The molecule has 5 heteroatoms. The van der Waals surface area contributed by atoms with Crippen molar-refractivity contribution in [1.29, 1.82) is 0 Å². The SMILES string of the molecule is CCc1ccc(OCc2c(Cl)cccc2OC(=S)NC)c(C)c1. The predicted octanol–water partition coefficient (Wildman–Crippen LogP) is 4.67. The summed E-state index contributed by atoms with van der Waals surface area (Å²) in [6.45, 7) is 4.48. The van der Waals surface area contributed by atoms with Crippen molar-refractivity contribution in [1.82, 2.24) is 5.32 Å². The highest BCUT2D eigenvalue weighted by molar-refractivity contribution is 7.80. The van der Waals surface area contributed by atoms with Gasteiger partial charge in [-0.25, -0.2) is 0 Å². The summed E-state index contributed by atoms with van der Waals surface area (Å²) in [7, 11) is 1.71. The molecule has 0 atom stereocenters. The highest BCUT2D eigenvalue weighted by atomic mass is 35.5. The van der Waals surface area contributed by atoms with E-state index in [0.717, 1.165) is 23.3 Å². The van der Waals surface area contributed by atoms with E-state index in [1.807, 2.05) is 31.2 Å². The molecule has 0 saturated carbocycles. The molecule has 23 heavy (non-hydrogen) atoms. The molecule has 2 aromatic rings. The number of ether oxygens (including phenoxy) is 2. The molecule has 0 aromatic heterocycles. The van der Waals surface area contributed by atoms with Gasteiger partial charge in [0, 0.05) is 7.05 Å².